The number of nitrogens with one attached hydrogen (secondary N) is 3. The van der Waals surface area contributed by atoms with Crippen molar-refractivity contribution in [3.05, 3.63) is 59.7 Å². The lowest BCUT2D eigenvalue weighted by Gasteiger charge is -2.22. The van der Waals surface area contributed by atoms with Gasteiger partial charge in [-0.1, -0.05) is 38.1 Å². The second-order valence-electron chi connectivity index (χ2n) is 8.75. The Bertz CT molecular complexity index is 1060. The van der Waals surface area contributed by atoms with Gasteiger partial charge in [0.25, 0.3) is 0 Å². The van der Waals surface area contributed by atoms with Gasteiger partial charge in [0.1, 0.15) is 23.6 Å². The van der Waals surface area contributed by atoms with Gasteiger partial charge in [0.2, 0.25) is 17.7 Å². The first-order chi connectivity index (χ1) is 17.0. The average molecular weight is 501 g/mol. The predicted octanol–water partition coefficient (Wildman–Crippen LogP) is 0.0367. The Morgan fingerprint density at radius 3 is 1.78 bits per heavy atom. The van der Waals surface area contributed by atoms with Crippen LogP contribution in [0.3, 0.4) is 0 Å². The number of hydrogen-bond donors (Lipinski definition) is 7. The molecule has 0 aliphatic rings. The Balaban J connectivity index is 2.06. The first kappa shape index (κ1) is 28.1. The zero-order valence-electron chi connectivity index (χ0n) is 20.1. The Morgan fingerprint density at radius 1 is 0.806 bits per heavy atom. The first-order valence-corrected chi connectivity index (χ1v) is 11.4. The predicted molar refractivity (Wildman–Crippen MR) is 131 cm³/mol. The summed E-state index contributed by atoms with van der Waals surface area (Å²) in [5, 5.41) is 35.5. The first-order valence-electron chi connectivity index (χ1n) is 11.4. The lowest BCUT2D eigenvalue weighted by atomic mass is 10.0. The van der Waals surface area contributed by atoms with Crippen molar-refractivity contribution in [3.63, 3.8) is 0 Å². The number of benzene rings is 2. The fourth-order valence-electron chi connectivity index (χ4n) is 3.36. The number of phenols is 2. The van der Waals surface area contributed by atoms with Crippen molar-refractivity contribution in [1.82, 2.24) is 16.0 Å². The molecule has 2 aromatic rings. The zero-order chi connectivity index (χ0) is 26.8. The van der Waals surface area contributed by atoms with Crippen molar-refractivity contribution >= 4 is 23.7 Å². The minimum atomic E-state index is -1.19. The molecular formula is C25H32N4O7. The summed E-state index contributed by atoms with van der Waals surface area (Å²) in [5.74, 6) is -3.40. The molecule has 0 spiro atoms. The number of carbonyl (C=O) groups is 4. The highest BCUT2D eigenvalue weighted by atomic mass is 16.4. The summed E-state index contributed by atoms with van der Waals surface area (Å²) in [6.45, 7) is 2.79. The van der Waals surface area contributed by atoms with E-state index in [-0.39, 0.29) is 30.3 Å². The molecule has 0 fully saturated rings. The van der Waals surface area contributed by atoms with Crippen molar-refractivity contribution in [2.24, 2.45) is 11.7 Å². The van der Waals surface area contributed by atoms with E-state index in [0.717, 1.165) is 0 Å². The largest absolute Gasteiger partial charge is 0.508 e. The van der Waals surface area contributed by atoms with Gasteiger partial charge in [-0.15, -0.1) is 0 Å². The molecular weight excluding hydrogens is 468 g/mol. The van der Waals surface area contributed by atoms with E-state index in [9.17, 15) is 34.5 Å². The fourth-order valence-corrected chi connectivity index (χ4v) is 3.36. The maximum absolute atomic E-state index is 12.9. The van der Waals surface area contributed by atoms with Crippen LogP contribution in [0.5, 0.6) is 11.5 Å². The monoisotopic (exact) mass is 500 g/mol. The summed E-state index contributed by atoms with van der Waals surface area (Å²) >= 11 is 0. The van der Waals surface area contributed by atoms with Crippen molar-refractivity contribution in [2.45, 2.75) is 44.8 Å². The molecule has 0 saturated heterocycles. The Labute approximate surface area is 208 Å². The van der Waals surface area contributed by atoms with E-state index in [4.69, 9.17) is 5.73 Å². The summed E-state index contributed by atoms with van der Waals surface area (Å²) in [7, 11) is 0. The van der Waals surface area contributed by atoms with Gasteiger partial charge in [-0.05, 0) is 47.7 Å². The van der Waals surface area contributed by atoms with Gasteiger partial charge in [-0.25, -0.2) is 4.79 Å². The van der Waals surface area contributed by atoms with E-state index in [1.807, 2.05) is 0 Å². The molecule has 2 rings (SSSR count). The normalized spacial score (nSPS) is 13.3. The van der Waals surface area contributed by atoms with E-state index in [2.05, 4.69) is 16.0 Å². The summed E-state index contributed by atoms with van der Waals surface area (Å²) < 4.78 is 0. The van der Waals surface area contributed by atoms with E-state index in [1.54, 1.807) is 38.1 Å². The van der Waals surface area contributed by atoms with Crippen molar-refractivity contribution in [2.75, 3.05) is 6.54 Å². The third-order valence-corrected chi connectivity index (χ3v) is 5.41. The third kappa shape index (κ3) is 8.91. The topological polar surface area (TPSA) is 191 Å². The summed E-state index contributed by atoms with van der Waals surface area (Å²) in [4.78, 5) is 49.1. The van der Waals surface area contributed by atoms with Crippen LogP contribution in [0.4, 0.5) is 0 Å². The van der Waals surface area contributed by atoms with E-state index < -0.39 is 48.4 Å². The van der Waals surface area contributed by atoms with Crippen molar-refractivity contribution in [3.8, 4) is 11.5 Å². The van der Waals surface area contributed by atoms with Crippen LogP contribution in [-0.4, -0.2) is 63.7 Å². The molecule has 11 heteroatoms. The lowest BCUT2D eigenvalue weighted by Crippen LogP contribution is -2.54. The van der Waals surface area contributed by atoms with Gasteiger partial charge in [-0.3, -0.25) is 14.4 Å². The molecule has 0 aliphatic heterocycles. The molecule has 3 unspecified atom stereocenters. The van der Waals surface area contributed by atoms with Crippen LogP contribution in [0.25, 0.3) is 0 Å². The number of aromatic hydroxyl groups is 2. The second kappa shape index (κ2) is 13.1. The van der Waals surface area contributed by atoms with E-state index in [1.165, 1.54) is 24.3 Å². The number of hydrogen-bond acceptors (Lipinski definition) is 7. The summed E-state index contributed by atoms with van der Waals surface area (Å²) in [6, 6.07) is 9.06. The van der Waals surface area contributed by atoms with Gasteiger partial charge < -0.3 is 37.0 Å². The highest BCUT2D eigenvalue weighted by Gasteiger charge is 2.26. The van der Waals surface area contributed by atoms with Crippen LogP contribution >= 0.6 is 0 Å². The number of carbonyl (C=O) groups excluding carboxylic acids is 3. The second-order valence-corrected chi connectivity index (χ2v) is 8.75. The Morgan fingerprint density at radius 2 is 1.31 bits per heavy atom. The molecule has 194 valence electrons. The van der Waals surface area contributed by atoms with Gasteiger partial charge >= 0.3 is 5.97 Å². The number of carboxylic acids is 1. The van der Waals surface area contributed by atoms with Crippen LogP contribution in [0.1, 0.15) is 25.0 Å². The van der Waals surface area contributed by atoms with Gasteiger partial charge in [-0.2, -0.15) is 0 Å². The van der Waals surface area contributed by atoms with Crippen LogP contribution in [0.2, 0.25) is 0 Å². The summed E-state index contributed by atoms with van der Waals surface area (Å²) in [5.41, 5.74) is 7.37. The molecule has 0 radical (unpaired) electrons. The third-order valence-electron chi connectivity index (χ3n) is 5.41. The molecule has 8 N–H and O–H groups in total. The lowest BCUT2D eigenvalue weighted by molar-refractivity contribution is -0.143. The fraction of sp³-hybridized carbons (Fsp3) is 0.360. The molecule has 0 aliphatic carbocycles. The van der Waals surface area contributed by atoms with E-state index in [0.29, 0.717) is 11.1 Å². The quantitative estimate of drug-likeness (QED) is 0.212. The number of nitrogens with two attached hydrogens (primary N) is 1. The number of amides is 3. The van der Waals surface area contributed by atoms with Gasteiger partial charge in [0, 0.05) is 6.42 Å². The van der Waals surface area contributed by atoms with E-state index >= 15 is 0 Å². The highest BCUT2D eigenvalue weighted by Crippen LogP contribution is 2.13. The van der Waals surface area contributed by atoms with Crippen LogP contribution in [-0.2, 0) is 32.0 Å². The number of phenolic OH excluding ortho intramolecular Hbond substituents is 2. The maximum atomic E-state index is 12.9. The smallest absolute Gasteiger partial charge is 0.326 e. The van der Waals surface area contributed by atoms with Crippen LogP contribution in [0.15, 0.2) is 48.5 Å². The molecule has 0 saturated carbocycles. The number of rotatable bonds is 12. The Hall–Kier alpha value is -4.12. The zero-order valence-corrected chi connectivity index (χ0v) is 20.1. The Kier molecular flexibility index (Phi) is 10.2. The number of aliphatic carboxylic acids is 1. The molecule has 2 aromatic carbocycles. The molecule has 3 atom stereocenters. The average Bonchev–Trinajstić information content (AvgIpc) is 2.82. The molecule has 0 aromatic heterocycles. The van der Waals surface area contributed by atoms with Gasteiger partial charge in [0.05, 0.1) is 12.6 Å². The van der Waals surface area contributed by atoms with Crippen LogP contribution in [0, 0.1) is 5.92 Å². The SMILES string of the molecule is CC(C)C(NC(=O)CNC(=O)C(Cc1ccc(O)cc1)NC(=O)C(N)Cc1ccc(O)cc1)C(=O)O. The standard InChI is InChI=1S/C25H32N4O7/c1-14(2)22(25(35)36)29-21(32)13-27-24(34)20(12-16-5-9-18(31)10-6-16)28-23(33)19(26)11-15-3-7-17(30)8-4-15/h3-10,14,19-20,22,30-31H,11-13,26H2,1-2H3,(H,27,34)(H,28,33)(H,29,32)(H,35,36). The van der Waals surface area contributed by atoms with Gasteiger partial charge in [0.15, 0.2) is 0 Å². The number of carboxylic acid groups (broad SMARTS) is 1. The molecule has 0 heterocycles. The van der Waals surface area contributed by atoms with Crippen LogP contribution < -0.4 is 21.7 Å². The van der Waals surface area contributed by atoms with Crippen molar-refractivity contribution < 1.29 is 34.5 Å². The summed E-state index contributed by atoms with van der Waals surface area (Å²) in [6.07, 6.45) is 0.211. The molecule has 11 nitrogen and oxygen atoms in total. The highest BCUT2D eigenvalue weighted by molar-refractivity contribution is 5.92. The molecule has 3 amide bonds. The minimum Gasteiger partial charge on any atom is -0.508 e. The van der Waals surface area contributed by atoms with Crippen molar-refractivity contribution in [1.29, 1.82) is 0 Å². The minimum absolute atomic E-state index is 0.0366. The molecule has 0 bridgehead atoms. The molecule has 36 heavy (non-hydrogen) atoms. The maximum Gasteiger partial charge on any atom is 0.326 e.